The molecule has 0 aromatic heterocycles. The minimum atomic E-state index is -0.276. The summed E-state index contributed by atoms with van der Waals surface area (Å²) in [6.45, 7) is 1.37. The van der Waals surface area contributed by atoms with E-state index in [1.165, 1.54) is 0 Å². The summed E-state index contributed by atoms with van der Waals surface area (Å²) in [5.74, 6) is -0.238. The summed E-state index contributed by atoms with van der Waals surface area (Å²) in [5, 5.41) is 0. The molecule has 29 heavy (non-hydrogen) atoms. The Labute approximate surface area is 170 Å². The van der Waals surface area contributed by atoms with Gasteiger partial charge in [-0.1, -0.05) is 12.1 Å². The van der Waals surface area contributed by atoms with Gasteiger partial charge in [-0.3, -0.25) is 19.4 Å². The third-order valence-electron chi connectivity index (χ3n) is 6.30. The normalized spacial score (nSPS) is 20.3. The Kier molecular flexibility index (Phi) is 5.60. The van der Waals surface area contributed by atoms with E-state index >= 15 is 0 Å². The number of carbonyl (C=O) groups excluding carboxylic acids is 3. The monoisotopic (exact) mass is 393 g/mol. The summed E-state index contributed by atoms with van der Waals surface area (Å²) in [7, 11) is 0. The van der Waals surface area contributed by atoms with Crippen molar-refractivity contribution in [2.45, 2.75) is 44.9 Å². The van der Waals surface area contributed by atoms with Crippen molar-refractivity contribution in [1.82, 2.24) is 4.90 Å². The molecule has 0 radical (unpaired) electrons. The van der Waals surface area contributed by atoms with E-state index in [0.29, 0.717) is 37.9 Å². The number of amides is 2. The van der Waals surface area contributed by atoms with Gasteiger partial charge in [-0.05, 0) is 61.8 Å². The lowest BCUT2D eigenvalue weighted by molar-refractivity contribution is -0.123. The van der Waals surface area contributed by atoms with Crippen LogP contribution in [0.4, 0.5) is 0 Å². The number of hydrogen-bond acceptors (Lipinski definition) is 4. The van der Waals surface area contributed by atoms with Crippen molar-refractivity contribution in [2.24, 2.45) is 16.6 Å². The minimum absolute atomic E-state index is 0.00639. The van der Waals surface area contributed by atoms with Gasteiger partial charge < -0.3 is 10.6 Å². The van der Waals surface area contributed by atoms with Crippen molar-refractivity contribution in [1.29, 1.82) is 0 Å². The van der Waals surface area contributed by atoms with Crippen LogP contribution in [-0.2, 0) is 16.0 Å². The summed E-state index contributed by atoms with van der Waals surface area (Å²) in [6.07, 6.45) is 5.88. The molecule has 152 valence electrons. The van der Waals surface area contributed by atoms with E-state index < -0.39 is 0 Å². The third kappa shape index (κ3) is 4.16. The average molecular weight is 393 g/mol. The second kappa shape index (κ2) is 8.31. The number of hydrogen-bond donors (Lipinski definition) is 1. The van der Waals surface area contributed by atoms with Gasteiger partial charge in [0.1, 0.15) is 6.54 Å². The molecule has 4 rings (SSSR count). The number of primary amides is 1. The van der Waals surface area contributed by atoms with Crippen molar-refractivity contribution >= 4 is 23.3 Å². The van der Waals surface area contributed by atoms with E-state index in [0.717, 1.165) is 48.1 Å². The summed E-state index contributed by atoms with van der Waals surface area (Å²) in [6, 6.07) is 7.69. The summed E-state index contributed by atoms with van der Waals surface area (Å²) >= 11 is 0. The summed E-state index contributed by atoms with van der Waals surface area (Å²) in [4.78, 5) is 42.8. The van der Waals surface area contributed by atoms with E-state index in [4.69, 9.17) is 5.73 Å². The van der Waals surface area contributed by atoms with E-state index in [9.17, 15) is 14.4 Å². The Morgan fingerprint density at radius 3 is 2.55 bits per heavy atom. The van der Waals surface area contributed by atoms with Crippen LogP contribution in [0.3, 0.4) is 0 Å². The molecule has 1 fully saturated rings. The van der Waals surface area contributed by atoms with Crippen molar-refractivity contribution in [3.05, 3.63) is 46.5 Å². The molecule has 2 amide bonds. The Balaban J connectivity index is 1.47. The Morgan fingerprint density at radius 2 is 1.83 bits per heavy atom. The first-order valence-corrected chi connectivity index (χ1v) is 10.5. The number of rotatable bonds is 4. The molecule has 0 atom stereocenters. The number of ketones is 1. The second-order valence-electron chi connectivity index (χ2n) is 8.20. The van der Waals surface area contributed by atoms with Crippen LogP contribution in [0.2, 0.25) is 0 Å². The number of allylic oxidation sites excluding steroid dienone is 1. The molecule has 0 bridgehead atoms. The summed E-state index contributed by atoms with van der Waals surface area (Å²) < 4.78 is 0. The van der Waals surface area contributed by atoms with Gasteiger partial charge in [0, 0.05) is 42.3 Å². The number of nitrogens with zero attached hydrogens (tertiary/aromatic N) is 2. The molecular weight excluding hydrogens is 366 g/mol. The second-order valence-corrected chi connectivity index (χ2v) is 8.20. The van der Waals surface area contributed by atoms with Crippen LogP contribution >= 0.6 is 0 Å². The van der Waals surface area contributed by atoms with Gasteiger partial charge in [0.2, 0.25) is 5.91 Å². The Hall–Kier alpha value is -2.76. The van der Waals surface area contributed by atoms with Gasteiger partial charge in [-0.25, -0.2) is 0 Å². The zero-order valence-corrected chi connectivity index (χ0v) is 16.7. The molecule has 1 aliphatic carbocycles. The lowest BCUT2D eigenvalue weighted by Gasteiger charge is -2.30. The number of piperidine rings is 1. The first-order chi connectivity index (χ1) is 14.0. The lowest BCUT2D eigenvalue weighted by atomic mass is 9.83. The molecule has 2 heterocycles. The minimum Gasteiger partial charge on any atom is -0.369 e. The fourth-order valence-electron chi connectivity index (χ4n) is 4.61. The lowest BCUT2D eigenvalue weighted by Crippen LogP contribution is -2.41. The van der Waals surface area contributed by atoms with Crippen LogP contribution in [0.25, 0.3) is 0 Å². The standard InChI is InChI=1S/C23H27N3O3/c24-22(28)16-8-10-26(11-9-16)23(29)17-5-3-4-15(12-17)13-20-18-6-1-2-7-19(18)21(27)14-25-20/h3-5,12,16H,1-2,6-11,13-14H2,(H2,24,28). The SMILES string of the molecule is NC(=O)C1CCN(C(=O)c2cccc(CC3=NCC(=O)C4=C3CCCC4)c2)CC1. The number of nitrogens with two attached hydrogens (primary N) is 1. The molecular formula is C23H27N3O3. The van der Waals surface area contributed by atoms with Gasteiger partial charge in [0.05, 0.1) is 0 Å². The number of benzene rings is 1. The summed E-state index contributed by atoms with van der Waals surface area (Å²) in [5.41, 5.74) is 10.2. The number of dihydropyridines is 1. The van der Waals surface area contributed by atoms with Gasteiger partial charge in [0.15, 0.2) is 5.78 Å². The van der Waals surface area contributed by atoms with Gasteiger partial charge >= 0.3 is 0 Å². The van der Waals surface area contributed by atoms with Crippen molar-refractivity contribution in [3.63, 3.8) is 0 Å². The molecule has 6 nitrogen and oxygen atoms in total. The van der Waals surface area contributed by atoms with Crippen LogP contribution < -0.4 is 5.73 Å². The maximum absolute atomic E-state index is 12.9. The van der Waals surface area contributed by atoms with E-state index in [-0.39, 0.29) is 30.1 Å². The maximum atomic E-state index is 12.9. The molecule has 1 aromatic rings. The molecule has 1 saturated heterocycles. The van der Waals surface area contributed by atoms with Crippen LogP contribution in [0.15, 0.2) is 40.4 Å². The Morgan fingerprint density at radius 1 is 1.10 bits per heavy atom. The molecule has 0 unspecified atom stereocenters. The van der Waals surface area contributed by atoms with Crippen LogP contribution in [0.5, 0.6) is 0 Å². The average Bonchev–Trinajstić information content (AvgIpc) is 2.76. The number of likely N-dealkylation sites (tertiary alicyclic amines) is 1. The van der Waals surface area contributed by atoms with Crippen LogP contribution in [-0.4, -0.2) is 47.8 Å². The van der Waals surface area contributed by atoms with E-state index in [1.807, 2.05) is 24.3 Å². The molecule has 0 spiro atoms. The molecule has 2 aliphatic heterocycles. The van der Waals surface area contributed by atoms with Crippen LogP contribution in [0.1, 0.15) is 54.4 Å². The van der Waals surface area contributed by atoms with E-state index in [2.05, 4.69) is 4.99 Å². The van der Waals surface area contributed by atoms with E-state index in [1.54, 1.807) is 4.90 Å². The maximum Gasteiger partial charge on any atom is 0.253 e. The molecule has 2 N–H and O–H groups in total. The number of aliphatic imine (C=N–C) groups is 1. The first kappa shape index (κ1) is 19.6. The molecule has 6 heteroatoms. The fraction of sp³-hybridized carbons (Fsp3) is 0.478. The molecule has 1 aromatic carbocycles. The first-order valence-electron chi connectivity index (χ1n) is 10.5. The highest BCUT2D eigenvalue weighted by Gasteiger charge is 2.28. The topological polar surface area (TPSA) is 92.8 Å². The largest absolute Gasteiger partial charge is 0.369 e. The predicted octanol–water partition coefficient (Wildman–Crippen LogP) is 2.46. The zero-order valence-electron chi connectivity index (χ0n) is 16.7. The number of carbonyl (C=O) groups is 3. The highest BCUT2D eigenvalue weighted by Crippen LogP contribution is 2.30. The van der Waals surface area contributed by atoms with Crippen molar-refractivity contribution < 1.29 is 14.4 Å². The molecule has 3 aliphatic rings. The number of Topliss-reactive ketones (excluding diaryl/α,β-unsaturated/α-hetero) is 1. The quantitative estimate of drug-likeness (QED) is 0.851. The third-order valence-corrected chi connectivity index (χ3v) is 6.30. The zero-order chi connectivity index (χ0) is 20.4. The van der Waals surface area contributed by atoms with Gasteiger partial charge in [-0.2, -0.15) is 0 Å². The highest BCUT2D eigenvalue weighted by atomic mass is 16.2. The van der Waals surface area contributed by atoms with Gasteiger partial charge in [-0.15, -0.1) is 0 Å². The predicted molar refractivity (Wildman–Crippen MR) is 111 cm³/mol. The fourth-order valence-corrected chi connectivity index (χ4v) is 4.61. The van der Waals surface area contributed by atoms with Crippen molar-refractivity contribution in [3.8, 4) is 0 Å². The smallest absolute Gasteiger partial charge is 0.253 e. The van der Waals surface area contributed by atoms with Crippen LogP contribution in [0, 0.1) is 5.92 Å². The van der Waals surface area contributed by atoms with Gasteiger partial charge in [0.25, 0.3) is 5.91 Å². The van der Waals surface area contributed by atoms with Crippen molar-refractivity contribution in [2.75, 3.05) is 19.6 Å². The Bertz CT molecular complexity index is 908. The highest BCUT2D eigenvalue weighted by molar-refractivity contribution is 6.14. The molecule has 0 saturated carbocycles.